The Morgan fingerprint density at radius 3 is 2.69 bits per heavy atom. The Morgan fingerprint density at radius 2 is 1.94 bits per heavy atom. The van der Waals surface area contributed by atoms with E-state index in [-0.39, 0.29) is 23.3 Å². The van der Waals surface area contributed by atoms with E-state index in [2.05, 4.69) is 48.4 Å². The monoisotopic (exact) mass is 506 g/mol. The number of carbonyl (C=O) groups is 1. The first kappa shape index (κ1) is 24.0. The molecule has 1 aliphatic rings. The van der Waals surface area contributed by atoms with Gasteiger partial charge in [0.2, 0.25) is 5.91 Å². The average molecular weight is 507 g/mol. The molecule has 1 amide bonds. The Hall–Kier alpha value is -2.71. The van der Waals surface area contributed by atoms with Crippen LogP contribution >= 0.6 is 23.1 Å². The van der Waals surface area contributed by atoms with Crippen LogP contribution < -0.4 is 10.9 Å². The molecule has 3 aromatic heterocycles. The fourth-order valence-electron chi connectivity index (χ4n) is 4.63. The van der Waals surface area contributed by atoms with Gasteiger partial charge >= 0.3 is 0 Å². The summed E-state index contributed by atoms with van der Waals surface area (Å²) < 4.78 is 2.31. The molecule has 3 heterocycles. The summed E-state index contributed by atoms with van der Waals surface area (Å²) in [5, 5.41) is 4.62. The second-order valence-corrected chi connectivity index (χ2v) is 11.5. The van der Waals surface area contributed by atoms with E-state index in [1.165, 1.54) is 47.9 Å². The molecule has 5 rings (SSSR count). The number of rotatable bonds is 7. The van der Waals surface area contributed by atoms with Crippen LogP contribution in [0.25, 0.3) is 20.4 Å². The first-order chi connectivity index (χ1) is 17.0. The highest BCUT2D eigenvalue weighted by atomic mass is 32.2. The number of amides is 1. The highest BCUT2D eigenvalue weighted by Gasteiger charge is 2.20. The van der Waals surface area contributed by atoms with Crippen molar-refractivity contribution in [3.63, 3.8) is 0 Å². The number of thiophene rings is 1. The minimum absolute atomic E-state index is 0.000857. The predicted molar refractivity (Wildman–Crippen MR) is 145 cm³/mol. The van der Waals surface area contributed by atoms with Crippen molar-refractivity contribution in [3.05, 3.63) is 64.1 Å². The van der Waals surface area contributed by atoms with Crippen LogP contribution in [0.5, 0.6) is 0 Å². The lowest BCUT2D eigenvalue weighted by Crippen LogP contribution is -2.37. The molecule has 0 unspecified atom stereocenters. The number of pyridine rings is 1. The van der Waals surface area contributed by atoms with Crippen molar-refractivity contribution in [3.8, 4) is 0 Å². The van der Waals surface area contributed by atoms with E-state index < -0.39 is 0 Å². The number of thioether (sulfide) groups is 1. The smallest absolute Gasteiger partial charge is 0.272 e. The summed E-state index contributed by atoms with van der Waals surface area (Å²) in [6, 6.07) is 12.5. The summed E-state index contributed by atoms with van der Waals surface area (Å²) in [6.45, 7) is 4.74. The van der Waals surface area contributed by atoms with Gasteiger partial charge in [0.1, 0.15) is 9.53 Å². The SMILES string of the molecule is CC(C)c1ccc(Cn2c(SCC(=O)NC3CCCCC3)nc3c(sc4ncccc43)c2=O)cc1. The van der Waals surface area contributed by atoms with Gasteiger partial charge in [0.15, 0.2) is 5.16 Å². The van der Waals surface area contributed by atoms with Crippen molar-refractivity contribution >= 4 is 49.4 Å². The van der Waals surface area contributed by atoms with Crippen LogP contribution in [-0.4, -0.2) is 32.2 Å². The van der Waals surface area contributed by atoms with Gasteiger partial charge in [0.25, 0.3) is 5.56 Å². The Kier molecular flexibility index (Phi) is 7.20. The molecule has 0 bridgehead atoms. The van der Waals surface area contributed by atoms with Gasteiger partial charge in [-0.3, -0.25) is 14.2 Å². The summed E-state index contributed by atoms with van der Waals surface area (Å²) in [4.78, 5) is 36.5. The highest BCUT2D eigenvalue weighted by Crippen LogP contribution is 2.31. The fraction of sp³-hybridized carbons (Fsp3) is 0.407. The fourth-order valence-corrected chi connectivity index (χ4v) is 6.46. The average Bonchev–Trinajstić information content (AvgIpc) is 3.24. The number of nitrogens with zero attached hydrogens (tertiary/aromatic N) is 3. The van der Waals surface area contributed by atoms with Crippen molar-refractivity contribution in [2.45, 2.75) is 69.6 Å². The zero-order valence-electron chi connectivity index (χ0n) is 20.1. The molecule has 1 fully saturated rings. The largest absolute Gasteiger partial charge is 0.353 e. The maximum Gasteiger partial charge on any atom is 0.272 e. The van der Waals surface area contributed by atoms with Crippen molar-refractivity contribution < 1.29 is 4.79 Å². The molecular weight excluding hydrogens is 476 g/mol. The van der Waals surface area contributed by atoms with Gasteiger partial charge in [-0.1, -0.05) is 69.1 Å². The number of benzene rings is 1. The number of carbonyl (C=O) groups excluding carboxylic acids is 1. The molecule has 1 saturated carbocycles. The highest BCUT2D eigenvalue weighted by molar-refractivity contribution is 7.99. The van der Waals surface area contributed by atoms with Crippen LogP contribution in [0.15, 0.2) is 52.5 Å². The molecule has 1 aromatic carbocycles. The Bertz CT molecular complexity index is 1400. The normalized spacial score (nSPS) is 14.7. The summed E-state index contributed by atoms with van der Waals surface area (Å²) in [5.74, 6) is 0.687. The lowest BCUT2D eigenvalue weighted by Gasteiger charge is -2.22. The second kappa shape index (κ2) is 10.5. The lowest BCUT2D eigenvalue weighted by atomic mass is 9.95. The van der Waals surface area contributed by atoms with Gasteiger partial charge in [-0.15, -0.1) is 11.3 Å². The Labute approximate surface area is 213 Å². The van der Waals surface area contributed by atoms with Crippen LogP contribution in [0.3, 0.4) is 0 Å². The molecule has 6 nitrogen and oxygen atoms in total. The third kappa shape index (κ3) is 5.28. The standard InChI is InChI=1S/C27H30N4O2S2/c1-17(2)19-12-10-18(11-13-19)15-31-26(33)24-23(21-9-6-14-28-25(21)35-24)30-27(31)34-16-22(32)29-20-7-4-3-5-8-20/h6,9-14,17,20H,3-5,7-8,15-16H2,1-2H3,(H,29,32). The van der Waals surface area contributed by atoms with Gasteiger partial charge in [-0.2, -0.15) is 0 Å². The van der Waals surface area contributed by atoms with Crippen molar-refractivity contribution in [1.82, 2.24) is 19.9 Å². The third-order valence-corrected chi connectivity index (χ3v) is 8.67. The van der Waals surface area contributed by atoms with Gasteiger partial charge in [-0.05, 0) is 42.0 Å². The van der Waals surface area contributed by atoms with Crippen LogP contribution in [0, 0.1) is 0 Å². The zero-order valence-corrected chi connectivity index (χ0v) is 21.8. The molecule has 0 spiro atoms. The minimum Gasteiger partial charge on any atom is -0.353 e. The Balaban J connectivity index is 1.47. The number of fused-ring (bicyclic) bond motifs is 3. The first-order valence-electron chi connectivity index (χ1n) is 12.3. The van der Waals surface area contributed by atoms with Gasteiger partial charge in [0.05, 0.1) is 17.8 Å². The topological polar surface area (TPSA) is 76.9 Å². The third-order valence-electron chi connectivity index (χ3n) is 6.61. The number of hydrogen-bond acceptors (Lipinski definition) is 6. The number of nitrogens with one attached hydrogen (secondary N) is 1. The molecule has 0 atom stereocenters. The van der Waals surface area contributed by atoms with Crippen molar-refractivity contribution in [1.29, 1.82) is 0 Å². The maximum absolute atomic E-state index is 13.7. The maximum atomic E-state index is 13.7. The molecule has 35 heavy (non-hydrogen) atoms. The molecule has 4 aromatic rings. The predicted octanol–water partition coefficient (Wildman–Crippen LogP) is 5.72. The van der Waals surface area contributed by atoms with Gasteiger partial charge in [0, 0.05) is 17.6 Å². The summed E-state index contributed by atoms with van der Waals surface area (Å²) in [5.41, 5.74) is 2.88. The van der Waals surface area contributed by atoms with E-state index in [9.17, 15) is 9.59 Å². The summed E-state index contributed by atoms with van der Waals surface area (Å²) >= 11 is 2.72. The molecule has 1 aliphatic carbocycles. The second-order valence-electron chi connectivity index (χ2n) is 9.51. The Morgan fingerprint density at radius 1 is 1.17 bits per heavy atom. The van der Waals surface area contributed by atoms with Crippen molar-refractivity contribution in [2.24, 2.45) is 0 Å². The van der Waals surface area contributed by atoms with E-state index >= 15 is 0 Å². The van der Waals surface area contributed by atoms with E-state index in [0.29, 0.717) is 27.8 Å². The molecule has 182 valence electrons. The lowest BCUT2D eigenvalue weighted by molar-refractivity contribution is -0.119. The molecule has 8 heteroatoms. The van der Waals surface area contributed by atoms with E-state index in [0.717, 1.165) is 28.6 Å². The van der Waals surface area contributed by atoms with Crippen LogP contribution in [0.1, 0.15) is 63.0 Å². The summed E-state index contributed by atoms with van der Waals surface area (Å²) in [6.07, 6.45) is 7.42. The van der Waals surface area contributed by atoms with Crippen molar-refractivity contribution in [2.75, 3.05) is 5.75 Å². The van der Waals surface area contributed by atoms with E-state index in [4.69, 9.17) is 4.98 Å². The van der Waals surface area contributed by atoms with Gasteiger partial charge < -0.3 is 5.32 Å². The molecule has 0 saturated heterocycles. The molecule has 1 N–H and O–H groups in total. The van der Waals surface area contributed by atoms with E-state index in [1.807, 2.05) is 12.1 Å². The van der Waals surface area contributed by atoms with Gasteiger partial charge in [-0.25, -0.2) is 9.97 Å². The first-order valence-corrected chi connectivity index (χ1v) is 14.1. The minimum atomic E-state index is -0.0823. The van der Waals surface area contributed by atoms with Crippen LogP contribution in [-0.2, 0) is 11.3 Å². The number of aromatic nitrogens is 3. The molecule has 0 radical (unpaired) electrons. The van der Waals surface area contributed by atoms with Crippen LogP contribution in [0.2, 0.25) is 0 Å². The van der Waals surface area contributed by atoms with E-state index in [1.54, 1.807) is 10.8 Å². The quantitative estimate of drug-likeness (QED) is 0.256. The molecule has 0 aliphatic heterocycles. The zero-order chi connectivity index (χ0) is 24.4. The number of hydrogen-bond donors (Lipinski definition) is 1. The summed E-state index contributed by atoms with van der Waals surface area (Å²) in [7, 11) is 0. The molecular formula is C27H30N4O2S2. The van der Waals surface area contributed by atoms with Crippen LogP contribution in [0.4, 0.5) is 0 Å².